The fourth-order valence-corrected chi connectivity index (χ4v) is 1.81. The van der Waals surface area contributed by atoms with Crippen molar-refractivity contribution in [2.24, 2.45) is 0 Å². The van der Waals surface area contributed by atoms with Gasteiger partial charge in [-0.25, -0.2) is 4.68 Å². The zero-order chi connectivity index (χ0) is 12.5. The van der Waals surface area contributed by atoms with E-state index < -0.39 is 10.9 Å². The maximum absolute atomic E-state index is 11.2. The van der Waals surface area contributed by atoms with E-state index in [9.17, 15) is 10.4 Å². The number of hydrogen-bond acceptors (Lipinski definition) is 6. The molecule has 0 bridgehead atoms. The lowest BCUT2D eigenvalue weighted by Gasteiger charge is -2.21. The number of H-pyrrole nitrogens is 1. The number of hydrogen-bond donors (Lipinski definition) is 2. The molecule has 9 heteroatoms. The summed E-state index contributed by atoms with van der Waals surface area (Å²) in [4.78, 5) is -0.428. The molecular weight excluding hydrogens is 238 g/mol. The highest BCUT2D eigenvalue weighted by Gasteiger charge is 2.29. The molecule has 0 amide bonds. The Morgan fingerprint density at radius 3 is 2.83 bits per heavy atom. The summed E-state index contributed by atoms with van der Waals surface area (Å²) in [5.74, 6) is 0. The molecule has 1 unspecified atom stereocenters. The van der Waals surface area contributed by atoms with E-state index in [1.54, 1.807) is 18.3 Å². The van der Waals surface area contributed by atoms with E-state index in [2.05, 4.69) is 25.8 Å². The Hall–Kier alpha value is -2.84. The maximum atomic E-state index is 11.2. The minimum Gasteiger partial charge on any atom is -0.612 e. The van der Waals surface area contributed by atoms with Crippen molar-refractivity contribution in [1.82, 2.24) is 25.1 Å². The van der Waals surface area contributed by atoms with Gasteiger partial charge in [0, 0.05) is 5.56 Å². The Bertz CT molecular complexity index is 609. The summed E-state index contributed by atoms with van der Waals surface area (Å²) in [6, 6.07) is -0.580. The van der Waals surface area contributed by atoms with E-state index in [0.29, 0.717) is 11.3 Å². The van der Waals surface area contributed by atoms with Gasteiger partial charge in [0.2, 0.25) is 0 Å². The quantitative estimate of drug-likeness (QED) is 0.541. The van der Waals surface area contributed by atoms with Gasteiger partial charge in [0.15, 0.2) is 0 Å². The summed E-state index contributed by atoms with van der Waals surface area (Å²) in [6.07, 6.45) is 7.86. The summed E-state index contributed by atoms with van der Waals surface area (Å²) >= 11 is 0. The first-order valence-corrected chi connectivity index (χ1v) is 5.10. The molecule has 0 spiro atoms. The van der Waals surface area contributed by atoms with Crippen molar-refractivity contribution < 1.29 is 4.90 Å². The normalized spacial score (nSPS) is 17.6. The topological polar surface area (TPSA) is 121 Å². The average Bonchev–Trinajstić information content (AvgIpc) is 2.98. The Labute approximate surface area is 101 Å². The molecule has 92 valence electrons. The monoisotopic (exact) mass is 246 g/mol. The van der Waals surface area contributed by atoms with Crippen LogP contribution in [0, 0.1) is 10.4 Å². The van der Waals surface area contributed by atoms with Crippen LogP contribution in [0.2, 0.25) is 0 Å². The molecule has 2 N–H and O–H groups in total. The van der Waals surface area contributed by atoms with Crippen molar-refractivity contribution in [3.63, 3.8) is 0 Å². The molecule has 0 aromatic carbocycles. The van der Waals surface area contributed by atoms with E-state index in [4.69, 9.17) is 0 Å². The van der Waals surface area contributed by atoms with Crippen LogP contribution in [0.15, 0.2) is 24.9 Å². The van der Waals surface area contributed by atoms with Crippen LogP contribution in [0.3, 0.4) is 0 Å². The highest BCUT2D eigenvalue weighted by atomic mass is 16.8. The third kappa shape index (κ3) is 1.57. The lowest BCUT2D eigenvalue weighted by atomic mass is 9.99. The number of aromatic amines is 1. The minimum atomic E-state index is -0.580. The largest absolute Gasteiger partial charge is 0.612 e. The van der Waals surface area contributed by atoms with Gasteiger partial charge in [-0.3, -0.25) is 5.10 Å². The summed E-state index contributed by atoms with van der Waals surface area (Å²) < 4.78 is 1.46. The van der Waals surface area contributed by atoms with Crippen molar-refractivity contribution in [2.45, 2.75) is 6.04 Å². The van der Waals surface area contributed by atoms with Crippen LogP contribution in [0.5, 0.6) is 0 Å². The van der Waals surface area contributed by atoms with Crippen LogP contribution >= 0.6 is 0 Å². The molecule has 1 atom stereocenters. The van der Waals surface area contributed by atoms with Gasteiger partial charge in [-0.05, 0) is 6.08 Å². The van der Waals surface area contributed by atoms with E-state index >= 15 is 0 Å². The van der Waals surface area contributed by atoms with Crippen LogP contribution in [-0.4, -0.2) is 41.7 Å². The van der Waals surface area contributed by atoms with Crippen LogP contribution < -0.4 is 5.43 Å². The van der Waals surface area contributed by atoms with Crippen molar-refractivity contribution >= 4 is 11.8 Å². The number of fused-ring (bicyclic) bond motifs is 1. The molecule has 9 nitrogen and oxygen atoms in total. The van der Waals surface area contributed by atoms with Gasteiger partial charge in [0.1, 0.15) is 24.4 Å². The molecule has 0 fully saturated rings. The van der Waals surface area contributed by atoms with Crippen molar-refractivity contribution in [3.8, 4) is 0 Å². The molecule has 2 aromatic rings. The molecule has 2 aromatic heterocycles. The van der Waals surface area contributed by atoms with Crippen LogP contribution in [0.4, 0.5) is 0 Å². The third-order valence-electron chi connectivity index (χ3n) is 2.59. The molecular formula is C9H8N7O2-. The molecule has 18 heavy (non-hydrogen) atoms. The summed E-state index contributed by atoms with van der Waals surface area (Å²) in [5.41, 5.74) is 4.02. The number of aromatic nitrogens is 5. The van der Waals surface area contributed by atoms with Crippen LogP contribution in [-0.2, 0) is 0 Å². The van der Waals surface area contributed by atoms with Crippen LogP contribution in [0.1, 0.15) is 11.3 Å². The first-order valence-electron chi connectivity index (χ1n) is 5.10. The predicted molar refractivity (Wildman–Crippen MR) is 61.9 cm³/mol. The van der Waals surface area contributed by atoms with Gasteiger partial charge in [0.25, 0.3) is 5.71 Å². The summed E-state index contributed by atoms with van der Waals surface area (Å²) in [6.45, 7) is 0. The van der Waals surface area contributed by atoms with Gasteiger partial charge >= 0.3 is 0 Å². The standard InChI is InChI=1S/C9H8N7O2/c17-16(18)9-7(14-15-4-11-12-5-15)2-1-6-3-10-13-8(6)9/h1-5,7,14H,(H-,10,13,17,18)/q-1. The SMILES string of the molecule is [O-][N+]([O-])=C1c2[nH]ncc2C=CC1Nn1cnnc1. The minimum absolute atomic E-state index is 0.0127. The fourth-order valence-electron chi connectivity index (χ4n) is 1.81. The predicted octanol–water partition coefficient (Wildman–Crippen LogP) is -0.563. The number of rotatable bonds is 2. The third-order valence-corrected chi connectivity index (χ3v) is 2.59. The van der Waals surface area contributed by atoms with Gasteiger partial charge in [0.05, 0.1) is 6.20 Å². The molecule has 0 saturated carbocycles. The summed E-state index contributed by atoms with van der Waals surface area (Å²) in [7, 11) is 0. The maximum Gasteiger partial charge on any atom is 0.252 e. The second kappa shape index (κ2) is 3.87. The Balaban J connectivity index is 1.99. The van der Waals surface area contributed by atoms with E-state index in [0.717, 1.165) is 0 Å². The number of nitrogens with one attached hydrogen (secondary N) is 2. The lowest BCUT2D eigenvalue weighted by molar-refractivity contribution is -0.380. The second-order valence-corrected chi connectivity index (χ2v) is 3.68. The smallest absolute Gasteiger partial charge is 0.252 e. The fraction of sp³-hybridized carbons (Fsp3) is 0.111. The number of nitrogens with zero attached hydrogens (tertiary/aromatic N) is 5. The Morgan fingerprint density at radius 2 is 2.11 bits per heavy atom. The molecule has 0 radical (unpaired) electrons. The summed E-state index contributed by atoms with van der Waals surface area (Å²) in [5, 5.41) is 36.0. The van der Waals surface area contributed by atoms with E-state index in [1.807, 2.05) is 0 Å². The van der Waals surface area contributed by atoms with Crippen LogP contribution in [0.25, 0.3) is 6.08 Å². The second-order valence-electron chi connectivity index (χ2n) is 3.68. The first kappa shape index (κ1) is 10.3. The van der Waals surface area contributed by atoms with Crippen molar-refractivity contribution in [3.05, 3.63) is 46.6 Å². The molecule has 2 heterocycles. The van der Waals surface area contributed by atoms with Gasteiger partial charge in [-0.2, -0.15) is 10.0 Å². The average molecular weight is 246 g/mol. The molecule has 1 aliphatic carbocycles. The molecule has 1 aliphatic rings. The van der Waals surface area contributed by atoms with Gasteiger partial charge < -0.3 is 15.8 Å². The Kier molecular flexibility index (Phi) is 2.22. The first-order chi connectivity index (χ1) is 8.75. The van der Waals surface area contributed by atoms with Gasteiger partial charge in [-0.1, -0.05) is 6.08 Å². The zero-order valence-corrected chi connectivity index (χ0v) is 9.02. The van der Waals surface area contributed by atoms with E-state index in [1.165, 1.54) is 17.3 Å². The van der Waals surface area contributed by atoms with Gasteiger partial charge in [-0.15, -0.1) is 10.2 Å². The zero-order valence-electron chi connectivity index (χ0n) is 9.02. The molecule has 3 rings (SSSR count). The lowest BCUT2D eigenvalue weighted by Crippen LogP contribution is -2.39. The molecule has 0 aliphatic heterocycles. The van der Waals surface area contributed by atoms with E-state index in [-0.39, 0.29) is 5.71 Å². The highest BCUT2D eigenvalue weighted by molar-refractivity contribution is 6.06. The highest BCUT2D eigenvalue weighted by Crippen LogP contribution is 2.17. The van der Waals surface area contributed by atoms with Crippen molar-refractivity contribution in [1.29, 1.82) is 0 Å². The van der Waals surface area contributed by atoms with Crippen molar-refractivity contribution in [2.75, 3.05) is 5.43 Å². The molecule has 0 saturated heterocycles. The Morgan fingerprint density at radius 1 is 1.33 bits per heavy atom.